The maximum atomic E-state index is 11.3. The van der Waals surface area contributed by atoms with Gasteiger partial charge >= 0.3 is 5.97 Å². The summed E-state index contributed by atoms with van der Waals surface area (Å²) in [6.45, 7) is 0. The number of esters is 1. The van der Waals surface area contributed by atoms with Crippen LogP contribution < -0.4 is 5.73 Å². The van der Waals surface area contributed by atoms with Crippen molar-refractivity contribution >= 4 is 5.97 Å². The fourth-order valence-corrected chi connectivity index (χ4v) is 1.48. The fraction of sp³-hybridized carbons (Fsp3) is 0.167. The summed E-state index contributed by atoms with van der Waals surface area (Å²) < 4.78 is 6.25. The van der Waals surface area contributed by atoms with Crippen molar-refractivity contribution in [2.45, 2.75) is 6.04 Å². The molecule has 17 heavy (non-hydrogen) atoms. The molecule has 2 rings (SSSR count). The molecule has 0 aliphatic heterocycles. The van der Waals surface area contributed by atoms with Crippen LogP contribution in [0.4, 0.5) is 0 Å². The van der Waals surface area contributed by atoms with Crippen LogP contribution in [-0.2, 0) is 9.53 Å². The highest BCUT2D eigenvalue weighted by molar-refractivity contribution is 5.77. The van der Waals surface area contributed by atoms with Crippen LogP contribution in [0.1, 0.15) is 11.6 Å². The van der Waals surface area contributed by atoms with Gasteiger partial charge in [-0.25, -0.2) is 4.68 Å². The van der Waals surface area contributed by atoms with Gasteiger partial charge in [0.2, 0.25) is 0 Å². The van der Waals surface area contributed by atoms with E-state index in [1.165, 1.54) is 7.11 Å². The van der Waals surface area contributed by atoms with E-state index in [1.54, 1.807) is 17.1 Å². The SMILES string of the molecule is COC(=O)C(N)c1cnn(-c2ccccc2)c1. The number of nitrogens with two attached hydrogens (primary N) is 1. The van der Waals surface area contributed by atoms with Gasteiger partial charge in [0, 0.05) is 11.8 Å². The molecule has 2 N–H and O–H groups in total. The quantitative estimate of drug-likeness (QED) is 0.801. The van der Waals surface area contributed by atoms with Gasteiger partial charge < -0.3 is 10.5 Å². The second-order valence-electron chi connectivity index (χ2n) is 3.55. The van der Waals surface area contributed by atoms with Crippen LogP contribution in [0.3, 0.4) is 0 Å². The van der Waals surface area contributed by atoms with Crippen LogP contribution in [0.15, 0.2) is 42.7 Å². The van der Waals surface area contributed by atoms with E-state index in [0.717, 1.165) is 5.69 Å². The molecule has 0 amide bonds. The third-order valence-electron chi connectivity index (χ3n) is 2.44. The molecule has 5 nitrogen and oxygen atoms in total. The van der Waals surface area contributed by atoms with Crippen molar-refractivity contribution in [1.29, 1.82) is 0 Å². The Morgan fingerprint density at radius 1 is 1.41 bits per heavy atom. The Labute approximate surface area is 98.8 Å². The van der Waals surface area contributed by atoms with Crippen molar-refractivity contribution in [3.05, 3.63) is 48.3 Å². The number of ether oxygens (including phenoxy) is 1. The zero-order chi connectivity index (χ0) is 12.3. The smallest absolute Gasteiger partial charge is 0.327 e. The molecule has 0 aliphatic carbocycles. The van der Waals surface area contributed by atoms with Gasteiger partial charge in [-0.1, -0.05) is 18.2 Å². The summed E-state index contributed by atoms with van der Waals surface area (Å²) in [5.41, 5.74) is 7.25. The van der Waals surface area contributed by atoms with Gasteiger partial charge in [-0.05, 0) is 12.1 Å². The van der Waals surface area contributed by atoms with E-state index in [0.29, 0.717) is 5.56 Å². The Hall–Kier alpha value is -2.14. The van der Waals surface area contributed by atoms with Gasteiger partial charge in [0.15, 0.2) is 0 Å². The van der Waals surface area contributed by atoms with Crippen molar-refractivity contribution in [1.82, 2.24) is 9.78 Å². The molecular weight excluding hydrogens is 218 g/mol. The maximum absolute atomic E-state index is 11.3. The summed E-state index contributed by atoms with van der Waals surface area (Å²) >= 11 is 0. The summed E-state index contributed by atoms with van der Waals surface area (Å²) in [5, 5.41) is 4.15. The van der Waals surface area contributed by atoms with E-state index in [1.807, 2.05) is 30.3 Å². The molecule has 5 heteroatoms. The van der Waals surface area contributed by atoms with Gasteiger partial charge in [0.1, 0.15) is 6.04 Å². The molecule has 0 fully saturated rings. The highest BCUT2D eigenvalue weighted by Gasteiger charge is 2.18. The van der Waals surface area contributed by atoms with Gasteiger partial charge in [-0.15, -0.1) is 0 Å². The molecule has 0 aliphatic rings. The molecule has 0 saturated carbocycles. The number of hydrogen-bond acceptors (Lipinski definition) is 4. The molecule has 1 unspecified atom stereocenters. The lowest BCUT2D eigenvalue weighted by Gasteiger charge is -2.05. The van der Waals surface area contributed by atoms with Crippen LogP contribution in [0.5, 0.6) is 0 Å². The van der Waals surface area contributed by atoms with Crippen LogP contribution in [0.25, 0.3) is 5.69 Å². The molecule has 1 heterocycles. The first-order valence-electron chi connectivity index (χ1n) is 5.16. The van der Waals surface area contributed by atoms with Gasteiger partial charge in [0.25, 0.3) is 0 Å². The normalized spacial score (nSPS) is 12.1. The highest BCUT2D eigenvalue weighted by Crippen LogP contribution is 2.13. The van der Waals surface area contributed by atoms with E-state index in [9.17, 15) is 4.79 Å². The lowest BCUT2D eigenvalue weighted by Crippen LogP contribution is -2.22. The van der Waals surface area contributed by atoms with E-state index >= 15 is 0 Å². The second kappa shape index (κ2) is 4.80. The van der Waals surface area contributed by atoms with Crippen LogP contribution in [0, 0.1) is 0 Å². The summed E-state index contributed by atoms with van der Waals surface area (Å²) in [5.74, 6) is -0.474. The predicted octanol–water partition coefficient (Wildman–Crippen LogP) is 1.05. The third-order valence-corrected chi connectivity index (χ3v) is 2.44. The van der Waals surface area contributed by atoms with E-state index < -0.39 is 12.0 Å². The summed E-state index contributed by atoms with van der Waals surface area (Å²) in [6, 6.07) is 8.79. The number of rotatable bonds is 3. The first-order valence-corrected chi connectivity index (χ1v) is 5.16. The highest BCUT2D eigenvalue weighted by atomic mass is 16.5. The molecule has 1 aromatic carbocycles. The maximum Gasteiger partial charge on any atom is 0.327 e. The molecule has 0 bridgehead atoms. The van der Waals surface area contributed by atoms with Crippen LogP contribution in [-0.4, -0.2) is 22.9 Å². The summed E-state index contributed by atoms with van der Waals surface area (Å²) in [6.07, 6.45) is 3.28. The third kappa shape index (κ3) is 2.34. The Morgan fingerprint density at radius 2 is 2.12 bits per heavy atom. The Bertz CT molecular complexity index is 507. The largest absolute Gasteiger partial charge is 0.468 e. The van der Waals surface area contributed by atoms with Crippen LogP contribution in [0.2, 0.25) is 0 Å². The van der Waals surface area contributed by atoms with Gasteiger partial charge in [0.05, 0.1) is 19.0 Å². The molecule has 0 spiro atoms. The Morgan fingerprint density at radius 3 is 2.76 bits per heavy atom. The minimum absolute atomic E-state index is 0.474. The lowest BCUT2D eigenvalue weighted by molar-refractivity contribution is -0.142. The van der Waals surface area contributed by atoms with E-state index in [4.69, 9.17) is 5.73 Å². The first kappa shape index (κ1) is 11.3. The van der Waals surface area contributed by atoms with Crippen molar-refractivity contribution in [3.63, 3.8) is 0 Å². The monoisotopic (exact) mass is 231 g/mol. The number of methoxy groups -OCH3 is 1. The van der Waals surface area contributed by atoms with Crippen molar-refractivity contribution in [2.24, 2.45) is 5.73 Å². The Kier molecular flexibility index (Phi) is 3.20. The topological polar surface area (TPSA) is 70.1 Å². The number of aromatic nitrogens is 2. The standard InChI is InChI=1S/C12H13N3O2/c1-17-12(16)11(13)9-7-14-15(8-9)10-5-3-2-4-6-10/h2-8,11H,13H2,1H3. The fourth-order valence-electron chi connectivity index (χ4n) is 1.48. The predicted molar refractivity (Wildman–Crippen MR) is 62.5 cm³/mol. The average molecular weight is 231 g/mol. The van der Waals surface area contributed by atoms with E-state index in [2.05, 4.69) is 9.84 Å². The number of benzene rings is 1. The minimum atomic E-state index is -0.794. The van der Waals surface area contributed by atoms with Crippen molar-refractivity contribution in [2.75, 3.05) is 7.11 Å². The average Bonchev–Trinajstić information content (AvgIpc) is 2.87. The summed E-state index contributed by atoms with van der Waals surface area (Å²) in [7, 11) is 1.31. The first-order chi connectivity index (χ1) is 8.22. The number of nitrogens with zero attached hydrogens (tertiary/aromatic N) is 2. The molecule has 0 saturated heterocycles. The number of para-hydroxylation sites is 1. The van der Waals surface area contributed by atoms with E-state index in [-0.39, 0.29) is 0 Å². The zero-order valence-electron chi connectivity index (χ0n) is 9.41. The molecule has 1 atom stereocenters. The molecule has 0 radical (unpaired) electrons. The number of carbonyl (C=O) groups is 1. The molecular formula is C12H13N3O2. The Balaban J connectivity index is 2.25. The summed E-state index contributed by atoms with van der Waals surface area (Å²) in [4.78, 5) is 11.3. The molecule has 88 valence electrons. The van der Waals surface area contributed by atoms with Crippen LogP contribution >= 0.6 is 0 Å². The molecule has 1 aromatic heterocycles. The molecule has 2 aromatic rings. The minimum Gasteiger partial charge on any atom is -0.468 e. The number of carbonyl (C=O) groups excluding carboxylic acids is 1. The second-order valence-corrected chi connectivity index (χ2v) is 3.55. The van der Waals surface area contributed by atoms with Gasteiger partial charge in [-0.2, -0.15) is 5.10 Å². The number of hydrogen-bond donors (Lipinski definition) is 1. The van der Waals surface area contributed by atoms with Crippen molar-refractivity contribution in [3.8, 4) is 5.69 Å². The zero-order valence-corrected chi connectivity index (χ0v) is 9.41. The lowest BCUT2D eigenvalue weighted by atomic mass is 10.2. The van der Waals surface area contributed by atoms with Gasteiger partial charge in [-0.3, -0.25) is 4.79 Å². The van der Waals surface area contributed by atoms with Crippen molar-refractivity contribution < 1.29 is 9.53 Å².